The molecule has 3 nitrogen and oxygen atoms in total. The van der Waals surface area contributed by atoms with Gasteiger partial charge in [-0.3, -0.25) is 5.32 Å². The van der Waals surface area contributed by atoms with Gasteiger partial charge in [-0.05, 0) is 30.5 Å². The summed E-state index contributed by atoms with van der Waals surface area (Å²) in [4.78, 5) is 12.2. The van der Waals surface area contributed by atoms with E-state index in [1.807, 2.05) is 12.1 Å². The lowest BCUT2D eigenvalue weighted by Crippen LogP contribution is -2.37. The van der Waals surface area contributed by atoms with Gasteiger partial charge < -0.3 is 4.74 Å². The second-order valence-corrected chi connectivity index (χ2v) is 6.77. The molecule has 2 rings (SSSR count). The van der Waals surface area contributed by atoms with Crippen LogP contribution in [0, 0.1) is 0 Å². The van der Waals surface area contributed by atoms with E-state index in [4.69, 9.17) is 16.3 Å². The molecule has 1 saturated carbocycles. The van der Waals surface area contributed by atoms with Crippen molar-refractivity contribution in [2.75, 3.05) is 7.11 Å². The van der Waals surface area contributed by atoms with Crippen LogP contribution in [0.3, 0.4) is 0 Å². The van der Waals surface area contributed by atoms with Gasteiger partial charge in [0.15, 0.2) is 0 Å². The first kappa shape index (κ1) is 16.8. The number of methoxy groups -OCH3 is 1. The van der Waals surface area contributed by atoms with Crippen molar-refractivity contribution >= 4 is 33.5 Å². The van der Waals surface area contributed by atoms with E-state index in [2.05, 4.69) is 21.2 Å². The SMILES string of the molecule is COC(=O)C(NC1CCCCCC1)c1ccc(Cl)cc1Br. The molecule has 1 unspecified atom stereocenters. The van der Waals surface area contributed by atoms with Crippen LogP contribution in [-0.2, 0) is 9.53 Å². The highest BCUT2D eigenvalue weighted by atomic mass is 79.9. The summed E-state index contributed by atoms with van der Waals surface area (Å²) in [7, 11) is 1.42. The van der Waals surface area contributed by atoms with Gasteiger partial charge in [-0.1, -0.05) is 59.3 Å². The van der Waals surface area contributed by atoms with Gasteiger partial charge in [0.1, 0.15) is 6.04 Å². The number of rotatable bonds is 4. The summed E-state index contributed by atoms with van der Waals surface area (Å²) in [6.07, 6.45) is 7.22. The number of benzene rings is 1. The van der Waals surface area contributed by atoms with Gasteiger partial charge in [-0.2, -0.15) is 0 Å². The molecule has 1 aliphatic rings. The molecule has 21 heavy (non-hydrogen) atoms. The molecular weight excluding hydrogens is 354 g/mol. The van der Waals surface area contributed by atoms with Crippen molar-refractivity contribution in [1.82, 2.24) is 5.32 Å². The monoisotopic (exact) mass is 373 g/mol. The Kier molecular flexibility index (Phi) is 6.52. The quantitative estimate of drug-likeness (QED) is 0.617. The highest BCUT2D eigenvalue weighted by Gasteiger charge is 2.26. The third-order valence-electron chi connectivity index (χ3n) is 3.97. The Morgan fingerprint density at radius 2 is 2.00 bits per heavy atom. The first-order valence-corrected chi connectivity index (χ1v) is 8.57. The van der Waals surface area contributed by atoms with Crippen molar-refractivity contribution in [3.63, 3.8) is 0 Å². The normalized spacial score (nSPS) is 18.0. The minimum Gasteiger partial charge on any atom is -0.468 e. The standard InChI is InChI=1S/C16H21BrClNO2/c1-21-16(20)15(13-9-8-11(18)10-14(13)17)19-12-6-4-2-3-5-7-12/h8-10,12,15,19H,2-7H2,1H3. The van der Waals surface area contributed by atoms with Gasteiger partial charge in [-0.25, -0.2) is 4.79 Å². The first-order valence-electron chi connectivity index (χ1n) is 7.40. The summed E-state index contributed by atoms with van der Waals surface area (Å²) in [6.45, 7) is 0. The highest BCUT2D eigenvalue weighted by molar-refractivity contribution is 9.10. The molecule has 1 aromatic carbocycles. The number of halogens is 2. The molecule has 1 atom stereocenters. The van der Waals surface area contributed by atoms with E-state index in [0.717, 1.165) is 22.9 Å². The molecule has 0 heterocycles. The van der Waals surface area contributed by atoms with E-state index < -0.39 is 6.04 Å². The zero-order valence-corrected chi connectivity index (χ0v) is 14.5. The lowest BCUT2D eigenvalue weighted by molar-refractivity contribution is -0.143. The molecule has 1 aromatic rings. The highest BCUT2D eigenvalue weighted by Crippen LogP contribution is 2.29. The van der Waals surface area contributed by atoms with E-state index in [1.54, 1.807) is 6.07 Å². The number of hydrogen-bond donors (Lipinski definition) is 1. The topological polar surface area (TPSA) is 38.3 Å². The number of carbonyl (C=O) groups is 1. The fraction of sp³-hybridized carbons (Fsp3) is 0.562. The van der Waals surface area contributed by atoms with Gasteiger partial charge in [0.25, 0.3) is 0 Å². The lowest BCUT2D eigenvalue weighted by Gasteiger charge is -2.24. The molecule has 0 radical (unpaired) electrons. The molecule has 1 aliphatic carbocycles. The van der Waals surface area contributed by atoms with Crippen LogP contribution in [0.4, 0.5) is 0 Å². The van der Waals surface area contributed by atoms with Crippen LogP contribution in [0.5, 0.6) is 0 Å². The fourth-order valence-corrected chi connectivity index (χ4v) is 3.73. The largest absolute Gasteiger partial charge is 0.468 e. The van der Waals surface area contributed by atoms with Crippen LogP contribution < -0.4 is 5.32 Å². The van der Waals surface area contributed by atoms with Crippen LogP contribution in [0.25, 0.3) is 0 Å². The van der Waals surface area contributed by atoms with Gasteiger partial charge in [-0.15, -0.1) is 0 Å². The molecule has 1 N–H and O–H groups in total. The zero-order valence-electron chi connectivity index (χ0n) is 12.2. The van der Waals surface area contributed by atoms with Crippen molar-refractivity contribution < 1.29 is 9.53 Å². The summed E-state index contributed by atoms with van der Waals surface area (Å²) < 4.78 is 5.80. The van der Waals surface area contributed by atoms with Crippen LogP contribution in [0.2, 0.25) is 5.02 Å². The number of nitrogens with one attached hydrogen (secondary N) is 1. The molecular formula is C16H21BrClNO2. The fourth-order valence-electron chi connectivity index (χ4n) is 2.82. The van der Waals surface area contributed by atoms with Crippen molar-refractivity contribution in [3.05, 3.63) is 33.3 Å². The second-order valence-electron chi connectivity index (χ2n) is 5.48. The summed E-state index contributed by atoms with van der Waals surface area (Å²) >= 11 is 9.48. The molecule has 0 aliphatic heterocycles. The minimum absolute atomic E-state index is 0.262. The van der Waals surface area contributed by atoms with E-state index in [9.17, 15) is 4.79 Å². The molecule has 1 fully saturated rings. The average Bonchev–Trinajstić information content (AvgIpc) is 2.73. The molecule has 116 valence electrons. The average molecular weight is 375 g/mol. The Balaban J connectivity index is 2.19. The maximum absolute atomic E-state index is 12.2. The van der Waals surface area contributed by atoms with Crippen molar-refractivity contribution in [2.24, 2.45) is 0 Å². The van der Waals surface area contributed by atoms with Crippen LogP contribution in [0.15, 0.2) is 22.7 Å². The molecule has 0 spiro atoms. The van der Waals surface area contributed by atoms with Crippen molar-refractivity contribution in [2.45, 2.75) is 50.6 Å². The van der Waals surface area contributed by atoms with Crippen molar-refractivity contribution in [3.8, 4) is 0 Å². The number of ether oxygens (including phenoxy) is 1. The molecule has 0 bridgehead atoms. The predicted molar refractivity (Wildman–Crippen MR) is 88.5 cm³/mol. The Morgan fingerprint density at radius 3 is 2.57 bits per heavy atom. The predicted octanol–water partition coefficient (Wildman–Crippen LogP) is 4.63. The Labute approximate surface area is 139 Å². The van der Waals surface area contributed by atoms with E-state index >= 15 is 0 Å². The maximum Gasteiger partial charge on any atom is 0.327 e. The molecule has 5 heteroatoms. The third-order valence-corrected chi connectivity index (χ3v) is 4.89. The van der Waals surface area contributed by atoms with Crippen LogP contribution >= 0.6 is 27.5 Å². The van der Waals surface area contributed by atoms with Crippen LogP contribution in [-0.4, -0.2) is 19.1 Å². The summed E-state index contributed by atoms with van der Waals surface area (Å²) in [5, 5.41) is 4.12. The summed E-state index contributed by atoms with van der Waals surface area (Å²) in [5.74, 6) is -0.262. The second kappa shape index (κ2) is 8.16. The van der Waals surface area contributed by atoms with Gasteiger partial charge in [0.2, 0.25) is 0 Å². The zero-order chi connectivity index (χ0) is 15.2. The first-order chi connectivity index (χ1) is 10.1. The molecule has 0 saturated heterocycles. The van der Waals surface area contributed by atoms with Gasteiger partial charge in [0.05, 0.1) is 7.11 Å². The summed E-state index contributed by atoms with van der Waals surface area (Å²) in [5.41, 5.74) is 0.871. The lowest BCUT2D eigenvalue weighted by atomic mass is 10.0. The van der Waals surface area contributed by atoms with Crippen LogP contribution in [0.1, 0.15) is 50.1 Å². The van der Waals surface area contributed by atoms with E-state index in [1.165, 1.54) is 32.8 Å². The van der Waals surface area contributed by atoms with Gasteiger partial charge >= 0.3 is 5.97 Å². The molecule has 0 aromatic heterocycles. The smallest absolute Gasteiger partial charge is 0.327 e. The minimum atomic E-state index is -0.454. The Bertz CT molecular complexity index is 487. The number of hydrogen-bond acceptors (Lipinski definition) is 3. The third kappa shape index (κ3) is 4.70. The Hall–Kier alpha value is -0.580. The van der Waals surface area contributed by atoms with Gasteiger partial charge in [0, 0.05) is 15.5 Å². The molecule has 0 amide bonds. The van der Waals surface area contributed by atoms with E-state index in [-0.39, 0.29) is 5.97 Å². The Morgan fingerprint density at radius 1 is 1.33 bits per heavy atom. The van der Waals surface area contributed by atoms with E-state index in [0.29, 0.717) is 11.1 Å². The number of carbonyl (C=O) groups excluding carboxylic acids is 1. The van der Waals surface area contributed by atoms with Crippen molar-refractivity contribution in [1.29, 1.82) is 0 Å². The maximum atomic E-state index is 12.2. The summed E-state index contributed by atoms with van der Waals surface area (Å²) in [6, 6.07) is 5.38. The number of esters is 1.